The lowest BCUT2D eigenvalue weighted by atomic mass is 10.0. The summed E-state index contributed by atoms with van der Waals surface area (Å²) in [6.45, 7) is -0.148. The molecular weight excluding hydrogens is 504 g/mol. The van der Waals surface area contributed by atoms with Gasteiger partial charge in [0.25, 0.3) is 5.56 Å². The fraction of sp³-hybridized carbons (Fsp3) is 0.217. The van der Waals surface area contributed by atoms with Gasteiger partial charge in [0.2, 0.25) is 10.0 Å². The zero-order chi connectivity index (χ0) is 26.4. The predicted octanol–water partition coefficient (Wildman–Crippen LogP) is 3.99. The Balaban J connectivity index is 2.04. The summed E-state index contributed by atoms with van der Waals surface area (Å²) in [5.74, 6) is -0.519. The lowest BCUT2D eigenvalue weighted by Crippen LogP contribution is -2.17. The average molecular weight is 524 g/mol. The number of sulfonamides is 1. The van der Waals surface area contributed by atoms with Gasteiger partial charge in [-0.05, 0) is 41.5 Å². The Morgan fingerprint density at radius 3 is 2.33 bits per heavy atom. The molecule has 4 rings (SSSR count). The molecule has 0 amide bonds. The number of ether oxygens (including phenoxy) is 1. The fourth-order valence-corrected chi connectivity index (χ4v) is 4.38. The number of anilines is 1. The number of fused-ring (bicyclic) bond motifs is 1. The molecule has 2 aromatic carbocycles. The van der Waals surface area contributed by atoms with Crippen LogP contribution in [-0.2, 0) is 29.8 Å². The molecule has 0 atom stereocenters. The number of hydrogen-bond donors (Lipinski definition) is 1. The fourth-order valence-electron chi connectivity index (χ4n) is 3.82. The molecule has 0 spiro atoms. The van der Waals surface area contributed by atoms with Gasteiger partial charge in [-0.2, -0.15) is 18.3 Å². The number of halogens is 4. The van der Waals surface area contributed by atoms with Crippen LogP contribution in [0.5, 0.6) is 5.75 Å². The van der Waals surface area contributed by atoms with Crippen LogP contribution in [-0.4, -0.2) is 36.1 Å². The van der Waals surface area contributed by atoms with E-state index < -0.39 is 38.7 Å². The first kappa shape index (κ1) is 25.2. The van der Waals surface area contributed by atoms with E-state index >= 15 is 0 Å². The molecule has 0 aliphatic heterocycles. The maximum atomic E-state index is 14.0. The van der Waals surface area contributed by atoms with Gasteiger partial charge in [-0.1, -0.05) is 12.1 Å². The molecule has 4 aromatic rings. The van der Waals surface area contributed by atoms with E-state index in [0.717, 1.165) is 10.9 Å². The van der Waals surface area contributed by atoms with Gasteiger partial charge in [-0.15, -0.1) is 0 Å². The minimum Gasteiger partial charge on any atom is -0.491 e. The van der Waals surface area contributed by atoms with Gasteiger partial charge in [0.1, 0.15) is 5.82 Å². The SMILES string of the molecule is COc1cc(-c2cc(NS(C)(=O)=O)c3c(C(F)(F)F)nn(Cc4ccc(F)cc4)c3c2)cn(C)c1=O. The lowest BCUT2D eigenvalue weighted by Gasteiger charge is -2.13. The molecule has 8 nitrogen and oxygen atoms in total. The first-order valence-electron chi connectivity index (χ1n) is 10.4. The molecule has 0 radical (unpaired) electrons. The Hall–Kier alpha value is -3.87. The number of hydrogen-bond acceptors (Lipinski definition) is 5. The largest absolute Gasteiger partial charge is 0.491 e. The van der Waals surface area contributed by atoms with Crippen LogP contribution in [0.15, 0.2) is 53.5 Å². The Labute approximate surface area is 202 Å². The van der Waals surface area contributed by atoms with Gasteiger partial charge in [0.05, 0.1) is 36.5 Å². The number of benzene rings is 2. The molecular formula is C23H20F4N4O4S. The molecule has 2 heterocycles. The Morgan fingerprint density at radius 2 is 1.75 bits per heavy atom. The Kier molecular flexibility index (Phi) is 6.29. The highest BCUT2D eigenvalue weighted by atomic mass is 32.2. The monoisotopic (exact) mass is 524 g/mol. The van der Waals surface area contributed by atoms with Gasteiger partial charge in [0, 0.05) is 18.8 Å². The van der Waals surface area contributed by atoms with Crippen LogP contribution < -0.4 is 15.0 Å². The summed E-state index contributed by atoms with van der Waals surface area (Å²) in [5, 5.41) is 3.30. The van der Waals surface area contributed by atoms with Crippen molar-refractivity contribution in [1.82, 2.24) is 14.3 Å². The van der Waals surface area contributed by atoms with Crippen molar-refractivity contribution < 1.29 is 30.7 Å². The van der Waals surface area contributed by atoms with Crippen LogP contribution in [0, 0.1) is 5.82 Å². The second-order valence-electron chi connectivity index (χ2n) is 8.14. The van der Waals surface area contributed by atoms with Crippen LogP contribution in [0.25, 0.3) is 22.0 Å². The average Bonchev–Trinajstić information content (AvgIpc) is 3.15. The zero-order valence-electron chi connectivity index (χ0n) is 19.2. The summed E-state index contributed by atoms with van der Waals surface area (Å²) in [6.07, 6.45) is -2.64. The van der Waals surface area contributed by atoms with E-state index in [1.165, 1.54) is 67.4 Å². The normalized spacial score (nSPS) is 12.2. The van der Waals surface area contributed by atoms with Crippen LogP contribution in [0.4, 0.5) is 23.2 Å². The van der Waals surface area contributed by atoms with Gasteiger partial charge in [0.15, 0.2) is 11.4 Å². The zero-order valence-corrected chi connectivity index (χ0v) is 20.0. The minimum atomic E-state index is -4.90. The molecule has 0 fully saturated rings. The number of pyridine rings is 1. The number of nitrogens with one attached hydrogen (secondary N) is 1. The predicted molar refractivity (Wildman–Crippen MR) is 126 cm³/mol. The summed E-state index contributed by atoms with van der Waals surface area (Å²) >= 11 is 0. The summed E-state index contributed by atoms with van der Waals surface area (Å²) in [6, 6.07) is 9.21. The summed E-state index contributed by atoms with van der Waals surface area (Å²) in [7, 11) is -1.21. The van der Waals surface area contributed by atoms with Crippen molar-refractivity contribution in [2.24, 2.45) is 7.05 Å². The van der Waals surface area contributed by atoms with Crippen molar-refractivity contribution in [3.63, 3.8) is 0 Å². The standard InChI is InChI=1S/C23H20F4N4O4S/c1-30-12-15(10-19(35-2)22(30)32)14-8-17(29-36(3,33)34)20-18(9-14)31(28-21(20)23(25,26)27)11-13-4-6-16(24)7-5-13/h4-10,12,29H,11H2,1-3H3. The first-order chi connectivity index (χ1) is 16.8. The van der Waals surface area contributed by atoms with E-state index in [2.05, 4.69) is 9.82 Å². The van der Waals surface area contributed by atoms with Crippen molar-refractivity contribution >= 4 is 26.6 Å². The first-order valence-corrected chi connectivity index (χ1v) is 12.2. The Morgan fingerprint density at radius 1 is 1.08 bits per heavy atom. The molecule has 36 heavy (non-hydrogen) atoms. The van der Waals surface area contributed by atoms with Gasteiger partial charge in [-0.25, -0.2) is 12.8 Å². The van der Waals surface area contributed by atoms with E-state index in [1.807, 2.05) is 0 Å². The second-order valence-corrected chi connectivity index (χ2v) is 9.88. The topological polar surface area (TPSA) is 95.2 Å². The molecule has 1 N–H and O–H groups in total. The highest BCUT2D eigenvalue weighted by molar-refractivity contribution is 7.92. The van der Waals surface area contributed by atoms with E-state index in [0.29, 0.717) is 16.7 Å². The van der Waals surface area contributed by atoms with Gasteiger partial charge in [-0.3, -0.25) is 14.2 Å². The molecule has 0 saturated carbocycles. The van der Waals surface area contributed by atoms with Crippen LogP contribution in [0.3, 0.4) is 0 Å². The van der Waals surface area contributed by atoms with E-state index in [9.17, 15) is 30.8 Å². The van der Waals surface area contributed by atoms with Crippen molar-refractivity contribution in [3.8, 4) is 16.9 Å². The number of alkyl halides is 3. The molecule has 190 valence electrons. The molecule has 0 bridgehead atoms. The van der Waals surface area contributed by atoms with Crippen molar-refractivity contribution in [2.75, 3.05) is 18.1 Å². The lowest BCUT2D eigenvalue weighted by molar-refractivity contribution is -0.140. The maximum absolute atomic E-state index is 14.0. The van der Waals surface area contributed by atoms with E-state index in [-0.39, 0.29) is 23.5 Å². The Bertz CT molecular complexity index is 1630. The number of aromatic nitrogens is 3. The molecule has 0 unspecified atom stereocenters. The molecule has 13 heteroatoms. The third kappa shape index (κ3) is 5.05. The van der Waals surface area contributed by atoms with Gasteiger partial charge < -0.3 is 9.30 Å². The third-order valence-corrected chi connectivity index (χ3v) is 5.96. The number of rotatable bonds is 6. The molecule has 0 saturated heterocycles. The van der Waals surface area contributed by atoms with E-state index in [1.54, 1.807) is 0 Å². The van der Waals surface area contributed by atoms with Crippen LogP contribution in [0.1, 0.15) is 11.3 Å². The van der Waals surface area contributed by atoms with E-state index in [4.69, 9.17) is 4.74 Å². The van der Waals surface area contributed by atoms with Crippen molar-refractivity contribution in [1.29, 1.82) is 0 Å². The molecule has 2 aromatic heterocycles. The second kappa shape index (κ2) is 8.97. The minimum absolute atomic E-state index is 0.0106. The number of aryl methyl sites for hydroxylation is 1. The smallest absolute Gasteiger partial charge is 0.435 e. The summed E-state index contributed by atoms with van der Waals surface area (Å²) in [4.78, 5) is 12.2. The molecule has 0 aliphatic carbocycles. The summed E-state index contributed by atoms with van der Waals surface area (Å²) < 4.78 is 89.0. The maximum Gasteiger partial charge on any atom is 0.435 e. The van der Waals surface area contributed by atoms with Crippen LogP contribution in [0.2, 0.25) is 0 Å². The van der Waals surface area contributed by atoms with Gasteiger partial charge >= 0.3 is 6.18 Å². The highest BCUT2D eigenvalue weighted by Crippen LogP contribution is 2.40. The van der Waals surface area contributed by atoms with Crippen molar-refractivity contribution in [2.45, 2.75) is 12.7 Å². The number of methoxy groups -OCH3 is 1. The van der Waals surface area contributed by atoms with Crippen molar-refractivity contribution in [3.05, 3.63) is 76.1 Å². The summed E-state index contributed by atoms with van der Waals surface area (Å²) in [5.41, 5.74) is -0.917. The quantitative estimate of drug-likeness (QED) is 0.385. The number of nitrogens with zero attached hydrogens (tertiary/aromatic N) is 3. The highest BCUT2D eigenvalue weighted by Gasteiger charge is 2.38. The van der Waals surface area contributed by atoms with Crippen LogP contribution >= 0.6 is 0 Å². The molecule has 0 aliphatic rings. The third-order valence-electron chi connectivity index (χ3n) is 5.37.